The maximum Gasteiger partial charge on any atom is 0.252 e. The molecule has 1 aromatic rings. The van der Waals surface area contributed by atoms with E-state index < -0.39 is 0 Å². The molecule has 0 saturated carbocycles. The first-order chi connectivity index (χ1) is 10.1. The molecule has 1 aromatic carbocycles. The van der Waals surface area contributed by atoms with Crippen LogP contribution in [0.25, 0.3) is 0 Å². The number of carbonyl (C=O) groups excluding carboxylic acids is 2. The monoisotopic (exact) mass is 353 g/mol. The third-order valence-electron chi connectivity index (χ3n) is 3.60. The van der Waals surface area contributed by atoms with E-state index in [1.54, 1.807) is 6.07 Å². The van der Waals surface area contributed by atoms with Gasteiger partial charge in [-0.25, -0.2) is 0 Å². The van der Waals surface area contributed by atoms with Gasteiger partial charge in [-0.2, -0.15) is 0 Å². The number of rotatable bonds is 4. The van der Waals surface area contributed by atoms with Crippen molar-refractivity contribution in [2.24, 2.45) is 0 Å². The number of nitrogens with one attached hydrogen (secondary N) is 1. The molecule has 0 unspecified atom stereocenters. The second-order valence-corrected chi connectivity index (χ2v) is 6.02. The number of amides is 2. The largest absolute Gasteiger partial charge is 0.351 e. The number of hydrogen-bond donors (Lipinski definition) is 1. The van der Waals surface area contributed by atoms with Crippen molar-refractivity contribution in [3.05, 3.63) is 34.3 Å². The van der Waals surface area contributed by atoms with Gasteiger partial charge in [0.25, 0.3) is 5.91 Å². The van der Waals surface area contributed by atoms with Crippen LogP contribution >= 0.6 is 15.9 Å². The van der Waals surface area contributed by atoms with Crippen LogP contribution in [0.3, 0.4) is 0 Å². The van der Waals surface area contributed by atoms with E-state index in [2.05, 4.69) is 33.2 Å². The first-order valence-corrected chi connectivity index (χ1v) is 7.86. The third-order valence-corrected chi connectivity index (χ3v) is 4.29. The maximum absolute atomic E-state index is 12.0. The Balaban J connectivity index is 1.75. The number of halogens is 1. The molecule has 0 atom stereocenters. The minimum Gasteiger partial charge on any atom is -0.351 e. The van der Waals surface area contributed by atoms with Gasteiger partial charge in [0.05, 0.1) is 5.56 Å². The first kappa shape index (κ1) is 16.0. The van der Waals surface area contributed by atoms with Crippen LogP contribution in [-0.2, 0) is 4.79 Å². The fourth-order valence-electron chi connectivity index (χ4n) is 2.24. The summed E-state index contributed by atoms with van der Waals surface area (Å²) in [6.45, 7) is 3.73. The van der Waals surface area contributed by atoms with Gasteiger partial charge in [-0.05, 0) is 35.1 Å². The highest BCUT2D eigenvalue weighted by Crippen LogP contribution is 2.15. The fraction of sp³-hybridized carbons (Fsp3) is 0.467. The quantitative estimate of drug-likeness (QED) is 0.888. The number of hydrogen-bond acceptors (Lipinski definition) is 3. The van der Waals surface area contributed by atoms with E-state index in [0.29, 0.717) is 18.5 Å². The molecule has 1 aliphatic heterocycles. The van der Waals surface area contributed by atoms with E-state index in [1.165, 1.54) is 0 Å². The Bertz CT molecular complexity index is 513. The molecule has 0 aromatic heterocycles. The third kappa shape index (κ3) is 4.54. The minimum atomic E-state index is -0.159. The molecule has 2 rings (SSSR count). The molecular weight excluding hydrogens is 334 g/mol. The highest BCUT2D eigenvalue weighted by atomic mass is 79.9. The van der Waals surface area contributed by atoms with Crippen LogP contribution < -0.4 is 5.32 Å². The average Bonchev–Trinajstić information content (AvgIpc) is 2.48. The van der Waals surface area contributed by atoms with Crippen molar-refractivity contribution in [2.45, 2.75) is 6.42 Å². The number of nitrogens with zero attached hydrogens (tertiary/aromatic N) is 2. The molecule has 1 saturated heterocycles. The summed E-state index contributed by atoms with van der Waals surface area (Å²) in [5.74, 6) is -0.0517. The van der Waals surface area contributed by atoms with E-state index >= 15 is 0 Å². The van der Waals surface area contributed by atoms with Gasteiger partial charge < -0.3 is 15.1 Å². The molecule has 1 heterocycles. The lowest BCUT2D eigenvalue weighted by molar-refractivity contribution is -0.132. The molecule has 1 N–H and O–H groups in total. The van der Waals surface area contributed by atoms with Crippen molar-refractivity contribution in [3.63, 3.8) is 0 Å². The molecule has 0 aliphatic carbocycles. The summed E-state index contributed by atoms with van der Waals surface area (Å²) in [5.41, 5.74) is 0.588. The van der Waals surface area contributed by atoms with Gasteiger partial charge in [0.15, 0.2) is 0 Å². The first-order valence-electron chi connectivity index (χ1n) is 7.07. The predicted octanol–water partition coefficient (Wildman–Crippen LogP) is 1.34. The van der Waals surface area contributed by atoms with Crippen molar-refractivity contribution in [1.82, 2.24) is 15.1 Å². The van der Waals surface area contributed by atoms with Crippen LogP contribution in [-0.4, -0.2) is 61.4 Å². The Morgan fingerprint density at radius 3 is 2.52 bits per heavy atom. The zero-order valence-electron chi connectivity index (χ0n) is 12.1. The van der Waals surface area contributed by atoms with Crippen molar-refractivity contribution in [2.75, 3.05) is 39.8 Å². The summed E-state index contributed by atoms with van der Waals surface area (Å²) in [6.07, 6.45) is 0.347. The Morgan fingerprint density at radius 2 is 1.86 bits per heavy atom. The topological polar surface area (TPSA) is 52.6 Å². The van der Waals surface area contributed by atoms with Crippen molar-refractivity contribution in [3.8, 4) is 0 Å². The Hall–Kier alpha value is -1.40. The Morgan fingerprint density at radius 1 is 1.19 bits per heavy atom. The Kier molecular flexibility index (Phi) is 5.76. The van der Waals surface area contributed by atoms with E-state index in [0.717, 1.165) is 30.7 Å². The molecule has 114 valence electrons. The highest BCUT2D eigenvalue weighted by molar-refractivity contribution is 9.10. The van der Waals surface area contributed by atoms with Crippen LogP contribution in [0, 0.1) is 0 Å². The molecule has 2 amide bonds. The van der Waals surface area contributed by atoms with Crippen LogP contribution in [0.4, 0.5) is 0 Å². The van der Waals surface area contributed by atoms with E-state index in [-0.39, 0.29) is 11.8 Å². The van der Waals surface area contributed by atoms with Crippen LogP contribution in [0.2, 0.25) is 0 Å². The number of piperazine rings is 1. The van der Waals surface area contributed by atoms with E-state index in [9.17, 15) is 9.59 Å². The lowest BCUT2D eigenvalue weighted by Crippen LogP contribution is -2.47. The molecule has 0 radical (unpaired) electrons. The standard InChI is InChI=1S/C15H20BrN3O2/c1-18-8-10-19(11-9-18)14(20)6-7-17-15(21)12-4-2-3-5-13(12)16/h2-5H,6-11H2,1H3,(H,17,21). The molecule has 1 fully saturated rings. The van der Waals surface area contributed by atoms with Crippen molar-refractivity contribution in [1.29, 1.82) is 0 Å². The van der Waals surface area contributed by atoms with Gasteiger partial charge in [-0.1, -0.05) is 12.1 Å². The molecule has 0 bridgehead atoms. The smallest absolute Gasteiger partial charge is 0.252 e. The number of likely N-dealkylation sites (N-methyl/N-ethyl adjacent to an activating group) is 1. The summed E-state index contributed by atoms with van der Waals surface area (Å²) < 4.78 is 0.757. The van der Waals surface area contributed by atoms with Gasteiger partial charge in [0, 0.05) is 43.6 Å². The lowest BCUT2D eigenvalue weighted by atomic mass is 10.2. The molecular formula is C15H20BrN3O2. The van der Waals surface area contributed by atoms with Gasteiger partial charge in [-0.3, -0.25) is 9.59 Å². The summed E-state index contributed by atoms with van der Waals surface area (Å²) >= 11 is 3.35. The fourth-order valence-corrected chi connectivity index (χ4v) is 2.70. The highest BCUT2D eigenvalue weighted by Gasteiger charge is 2.18. The average molecular weight is 354 g/mol. The summed E-state index contributed by atoms with van der Waals surface area (Å²) in [5, 5.41) is 2.79. The summed E-state index contributed by atoms with van der Waals surface area (Å²) in [4.78, 5) is 28.1. The molecule has 0 spiro atoms. The molecule has 1 aliphatic rings. The predicted molar refractivity (Wildman–Crippen MR) is 85.2 cm³/mol. The van der Waals surface area contributed by atoms with Gasteiger partial charge in [-0.15, -0.1) is 0 Å². The van der Waals surface area contributed by atoms with Crippen molar-refractivity contribution < 1.29 is 9.59 Å². The second-order valence-electron chi connectivity index (χ2n) is 5.17. The zero-order chi connectivity index (χ0) is 15.2. The molecule has 6 heteroatoms. The summed E-state index contributed by atoms with van der Waals surface area (Å²) in [7, 11) is 2.06. The Labute approximate surface area is 133 Å². The number of benzene rings is 1. The molecule has 21 heavy (non-hydrogen) atoms. The van der Waals surface area contributed by atoms with Crippen molar-refractivity contribution >= 4 is 27.7 Å². The van der Waals surface area contributed by atoms with Gasteiger partial charge >= 0.3 is 0 Å². The minimum absolute atomic E-state index is 0.107. The van der Waals surface area contributed by atoms with Crippen LogP contribution in [0.5, 0.6) is 0 Å². The zero-order valence-corrected chi connectivity index (χ0v) is 13.7. The van der Waals surface area contributed by atoms with Gasteiger partial charge in [0.1, 0.15) is 0 Å². The lowest BCUT2D eigenvalue weighted by Gasteiger charge is -2.32. The van der Waals surface area contributed by atoms with Gasteiger partial charge in [0.2, 0.25) is 5.91 Å². The molecule has 5 nitrogen and oxygen atoms in total. The second kappa shape index (κ2) is 7.56. The maximum atomic E-state index is 12.0. The summed E-state index contributed by atoms with van der Waals surface area (Å²) in [6, 6.07) is 7.25. The van der Waals surface area contributed by atoms with Crippen LogP contribution in [0.15, 0.2) is 28.7 Å². The van der Waals surface area contributed by atoms with Crippen LogP contribution in [0.1, 0.15) is 16.8 Å². The normalized spacial score (nSPS) is 15.8. The number of carbonyl (C=O) groups is 2. The van der Waals surface area contributed by atoms with E-state index in [1.807, 2.05) is 23.1 Å². The van der Waals surface area contributed by atoms with E-state index in [4.69, 9.17) is 0 Å². The SMILES string of the molecule is CN1CCN(C(=O)CCNC(=O)c2ccccc2Br)CC1.